The molecular formula is C21H24N4O2S2. The van der Waals surface area contributed by atoms with E-state index in [1.807, 2.05) is 40.6 Å². The molecule has 1 amide bonds. The zero-order valence-electron chi connectivity index (χ0n) is 16.1. The molecule has 1 aliphatic heterocycles. The smallest absolute Gasteiger partial charge is 0.343 e. The Morgan fingerprint density at radius 3 is 2.69 bits per heavy atom. The number of hydrogen-bond acceptors (Lipinski definition) is 5. The Morgan fingerprint density at radius 1 is 1.17 bits per heavy atom. The van der Waals surface area contributed by atoms with E-state index < -0.39 is 0 Å². The van der Waals surface area contributed by atoms with Gasteiger partial charge in [0.25, 0.3) is 0 Å². The number of aromatic amines is 1. The van der Waals surface area contributed by atoms with Gasteiger partial charge in [-0.3, -0.25) is 4.79 Å². The first-order chi connectivity index (χ1) is 14.2. The number of nitrogens with one attached hydrogen (secondary N) is 1. The summed E-state index contributed by atoms with van der Waals surface area (Å²) in [6.45, 7) is 1.57. The summed E-state index contributed by atoms with van der Waals surface area (Å²) in [5.41, 5.74) is -0.189. The van der Waals surface area contributed by atoms with Gasteiger partial charge in [0, 0.05) is 36.6 Å². The number of likely N-dealkylation sites (tertiary alicyclic amines) is 1. The van der Waals surface area contributed by atoms with Crippen LogP contribution in [0.1, 0.15) is 25.1 Å². The molecule has 1 aliphatic rings. The number of H-pyrrole nitrogens is 1. The number of hydrogen-bond donors (Lipinski definition) is 1. The van der Waals surface area contributed by atoms with Gasteiger partial charge in [-0.15, -0.1) is 23.1 Å². The molecule has 0 aliphatic carbocycles. The number of thiophene rings is 1. The first-order valence-electron chi connectivity index (χ1n) is 9.86. The second kappa shape index (κ2) is 9.45. The van der Waals surface area contributed by atoms with Crippen molar-refractivity contribution in [1.29, 1.82) is 0 Å². The highest BCUT2D eigenvalue weighted by Crippen LogP contribution is 2.24. The van der Waals surface area contributed by atoms with Crippen LogP contribution in [-0.2, 0) is 11.2 Å². The Hall–Kier alpha value is -2.32. The molecule has 152 valence electrons. The summed E-state index contributed by atoms with van der Waals surface area (Å²) in [7, 11) is 0. The minimum atomic E-state index is -0.189. The Labute approximate surface area is 177 Å². The molecule has 0 atom stereocenters. The molecule has 6 nitrogen and oxygen atoms in total. The molecule has 3 heterocycles. The molecule has 29 heavy (non-hydrogen) atoms. The highest BCUT2D eigenvalue weighted by Gasteiger charge is 2.24. The molecule has 1 N–H and O–H groups in total. The predicted octanol–water partition coefficient (Wildman–Crippen LogP) is 3.59. The third-order valence-corrected chi connectivity index (χ3v) is 7.10. The van der Waals surface area contributed by atoms with Crippen LogP contribution in [0.3, 0.4) is 0 Å². The zero-order chi connectivity index (χ0) is 20.1. The number of piperidine rings is 1. The van der Waals surface area contributed by atoms with Crippen LogP contribution in [0.2, 0.25) is 0 Å². The number of nitrogens with zero attached hydrogens (tertiary/aromatic N) is 3. The Morgan fingerprint density at radius 2 is 1.97 bits per heavy atom. The highest BCUT2D eigenvalue weighted by atomic mass is 32.2. The number of amides is 1. The molecule has 3 aromatic rings. The van der Waals surface area contributed by atoms with E-state index in [0.29, 0.717) is 12.3 Å². The van der Waals surface area contributed by atoms with E-state index in [9.17, 15) is 9.59 Å². The Bertz CT molecular complexity index is 974. The Kier molecular flexibility index (Phi) is 6.51. The number of carbonyl (C=O) groups excluding carboxylic acids is 1. The van der Waals surface area contributed by atoms with Gasteiger partial charge in [-0.25, -0.2) is 14.5 Å². The third kappa shape index (κ3) is 5.00. The number of rotatable bonds is 7. The lowest BCUT2D eigenvalue weighted by atomic mass is 9.93. The van der Waals surface area contributed by atoms with Crippen LogP contribution in [0.15, 0.2) is 57.5 Å². The second-order valence-electron chi connectivity index (χ2n) is 7.17. The predicted molar refractivity (Wildman–Crippen MR) is 117 cm³/mol. The largest absolute Gasteiger partial charge is 0.348 e. The van der Waals surface area contributed by atoms with Crippen molar-refractivity contribution in [2.24, 2.45) is 5.92 Å². The van der Waals surface area contributed by atoms with E-state index in [4.69, 9.17) is 0 Å². The van der Waals surface area contributed by atoms with E-state index >= 15 is 0 Å². The van der Waals surface area contributed by atoms with Crippen molar-refractivity contribution in [3.05, 3.63) is 64.2 Å². The van der Waals surface area contributed by atoms with Crippen LogP contribution >= 0.6 is 23.1 Å². The van der Waals surface area contributed by atoms with Crippen molar-refractivity contribution in [2.75, 3.05) is 18.8 Å². The monoisotopic (exact) mass is 428 g/mol. The zero-order valence-corrected chi connectivity index (χ0v) is 17.8. The normalized spacial score (nSPS) is 15.0. The quantitative estimate of drug-likeness (QED) is 0.584. The van der Waals surface area contributed by atoms with Crippen molar-refractivity contribution in [3.63, 3.8) is 0 Å². The van der Waals surface area contributed by atoms with E-state index in [1.165, 1.54) is 16.2 Å². The summed E-state index contributed by atoms with van der Waals surface area (Å²) in [6.07, 6.45) is 3.22. The fourth-order valence-corrected chi connectivity index (χ4v) is 5.28. The maximum Gasteiger partial charge on any atom is 0.348 e. The number of thioether (sulfide) groups is 1. The Balaban J connectivity index is 1.26. The molecule has 0 bridgehead atoms. The van der Waals surface area contributed by atoms with E-state index in [0.717, 1.165) is 48.9 Å². The van der Waals surface area contributed by atoms with Crippen LogP contribution in [0.5, 0.6) is 0 Å². The van der Waals surface area contributed by atoms with Crippen molar-refractivity contribution in [3.8, 4) is 5.00 Å². The fourth-order valence-electron chi connectivity index (χ4n) is 3.67. The molecule has 4 rings (SSSR count). The van der Waals surface area contributed by atoms with E-state index in [1.54, 1.807) is 16.3 Å². The van der Waals surface area contributed by atoms with Gasteiger partial charge >= 0.3 is 5.69 Å². The van der Waals surface area contributed by atoms with Crippen LogP contribution in [0.4, 0.5) is 0 Å². The van der Waals surface area contributed by atoms with E-state index in [2.05, 4.69) is 22.3 Å². The summed E-state index contributed by atoms with van der Waals surface area (Å²) in [6, 6.07) is 14.1. The first-order valence-corrected chi connectivity index (χ1v) is 11.7. The molecular weight excluding hydrogens is 404 g/mol. The molecule has 0 radical (unpaired) electrons. The van der Waals surface area contributed by atoms with Gasteiger partial charge in [0.15, 0.2) is 0 Å². The van der Waals surface area contributed by atoms with Crippen molar-refractivity contribution < 1.29 is 4.79 Å². The number of benzene rings is 1. The summed E-state index contributed by atoms with van der Waals surface area (Å²) < 4.78 is 1.67. The SMILES string of the molecule is O=C(CCSc1ccccc1)N1CCC(Cc2n[nH]c(=O)n2-c2cccs2)CC1. The lowest BCUT2D eigenvalue weighted by Crippen LogP contribution is -2.39. The van der Waals surface area contributed by atoms with Gasteiger partial charge in [-0.05, 0) is 48.4 Å². The molecule has 1 fully saturated rings. The molecule has 0 spiro atoms. The lowest BCUT2D eigenvalue weighted by Gasteiger charge is -2.32. The first kappa shape index (κ1) is 20.0. The summed E-state index contributed by atoms with van der Waals surface area (Å²) in [4.78, 5) is 27.8. The van der Waals surface area contributed by atoms with Gasteiger partial charge in [0.1, 0.15) is 10.8 Å². The van der Waals surface area contributed by atoms with Crippen molar-refractivity contribution >= 4 is 29.0 Å². The molecule has 1 aromatic carbocycles. The van der Waals surface area contributed by atoms with Crippen LogP contribution in [0, 0.1) is 5.92 Å². The minimum absolute atomic E-state index is 0.189. The van der Waals surface area contributed by atoms with Crippen molar-refractivity contribution in [1.82, 2.24) is 19.7 Å². The fraction of sp³-hybridized carbons (Fsp3) is 0.381. The van der Waals surface area contributed by atoms with Crippen LogP contribution in [-0.4, -0.2) is 44.4 Å². The topological polar surface area (TPSA) is 71.0 Å². The van der Waals surface area contributed by atoms with Gasteiger partial charge in [0.2, 0.25) is 5.91 Å². The minimum Gasteiger partial charge on any atom is -0.343 e. The average Bonchev–Trinajstić information content (AvgIpc) is 3.39. The molecule has 2 aromatic heterocycles. The average molecular weight is 429 g/mol. The molecule has 8 heteroatoms. The molecule has 0 unspecified atom stereocenters. The molecule has 0 saturated carbocycles. The maximum absolute atomic E-state index is 12.5. The van der Waals surface area contributed by atoms with Crippen molar-refractivity contribution in [2.45, 2.75) is 30.6 Å². The van der Waals surface area contributed by atoms with Gasteiger partial charge in [-0.2, -0.15) is 5.10 Å². The van der Waals surface area contributed by atoms with Gasteiger partial charge in [0.05, 0.1) is 0 Å². The van der Waals surface area contributed by atoms with E-state index in [-0.39, 0.29) is 11.6 Å². The molecule has 1 saturated heterocycles. The van der Waals surface area contributed by atoms with Crippen LogP contribution in [0.25, 0.3) is 5.00 Å². The van der Waals surface area contributed by atoms with Crippen LogP contribution < -0.4 is 5.69 Å². The van der Waals surface area contributed by atoms with Gasteiger partial charge in [-0.1, -0.05) is 18.2 Å². The maximum atomic E-state index is 12.5. The second-order valence-corrected chi connectivity index (χ2v) is 9.27. The summed E-state index contributed by atoms with van der Waals surface area (Å²) >= 11 is 3.26. The summed E-state index contributed by atoms with van der Waals surface area (Å²) in [5.74, 6) is 2.26. The summed E-state index contributed by atoms with van der Waals surface area (Å²) in [5, 5.41) is 9.66. The highest BCUT2D eigenvalue weighted by molar-refractivity contribution is 7.99. The van der Waals surface area contributed by atoms with Gasteiger partial charge < -0.3 is 4.90 Å². The standard InChI is InChI=1S/C21H24N4O2S2/c26-19(10-14-28-17-5-2-1-3-6-17)24-11-8-16(9-12-24)15-18-22-23-21(27)25(18)20-7-4-13-29-20/h1-7,13,16H,8-12,14-15H2,(H,23,27). The lowest BCUT2D eigenvalue weighted by molar-refractivity contribution is -0.132. The number of carbonyl (C=O) groups is 1. The number of aromatic nitrogens is 3. The third-order valence-electron chi connectivity index (χ3n) is 5.23.